The van der Waals surface area contributed by atoms with Crippen molar-refractivity contribution in [2.45, 2.75) is 19.3 Å². The molecule has 1 aromatic carbocycles. The Morgan fingerprint density at radius 3 is 2.80 bits per heavy atom. The van der Waals surface area contributed by atoms with Crippen LogP contribution in [0, 0.1) is 5.41 Å². The molecule has 1 aliphatic rings. The highest BCUT2D eigenvalue weighted by Crippen LogP contribution is 2.47. The number of nitrogens with one attached hydrogen (secondary N) is 1. The first kappa shape index (κ1) is 13.1. The molecule has 0 aliphatic heterocycles. The first-order valence-corrected chi connectivity index (χ1v) is 7.07. The van der Waals surface area contributed by atoms with Gasteiger partial charge in [-0.05, 0) is 43.4 Å². The van der Waals surface area contributed by atoms with E-state index >= 15 is 0 Å². The highest BCUT2D eigenvalue weighted by atomic mass is 16.1. The molecule has 0 radical (unpaired) electrons. The molecule has 0 atom stereocenters. The van der Waals surface area contributed by atoms with Crippen molar-refractivity contribution >= 4 is 16.8 Å². The quantitative estimate of drug-likeness (QED) is 0.873. The molecule has 4 heteroatoms. The van der Waals surface area contributed by atoms with E-state index in [-0.39, 0.29) is 11.3 Å². The molecule has 0 unspecified atom stereocenters. The van der Waals surface area contributed by atoms with E-state index in [1.54, 1.807) is 6.07 Å². The van der Waals surface area contributed by atoms with Gasteiger partial charge in [0.1, 0.15) is 5.69 Å². The fourth-order valence-corrected chi connectivity index (χ4v) is 2.55. The highest BCUT2D eigenvalue weighted by molar-refractivity contribution is 5.94. The minimum absolute atomic E-state index is 0.0981. The summed E-state index contributed by atoms with van der Waals surface area (Å²) in [6, 6.07) is 11.5. The van der Waals surface area contributed by atoms with Crippen LogP contribution in [0.4, 0.5) is 0 Å². The smallest absolute Gasteiger partial charge is 0.269 e. The van der Waals surface area contributed by atoms with E-state index in [4.69, 9.17) is 5.73 Å². The van der Waals surface area contributed by atoms with Crippen LogP contribution in [-0.4, -0.2) is 24.0 Å². The number of para-hydroxylation sites is 1. The first-order valence-electron chi connectivity index (χ1n) is 7.07. The summed E-state index contributed by atoms with van der Waals surface area (Å²) in [5.41, 5.74) is 7.19. The van der Waals surface area contributed by atoms with E-state index in [2.05, 4.69) is 10.3 Å². The summed E-state index contributed by atoms with van der Waals surface area (Å²) in [6.45, 7) is 1.39. The summed E-state index contributed by atoms with van der Waals surface area (Å²) >= 11 is 0. The van der Waals surface area contributed by atoms with Crippen molar-refractivity contribution < 1.29 is 4.79 Å². The number of hydrogen-bond donors (Lipinski definition) is 2. The Kier molecular flexibility index (Phi) is 3.40. The lowest BCUT2D eigenvalue weighted by Crippen LogP contribution is -2.31. The predicted molar refractivity (Wildman–Crippen MR) is 79.4 cm³/mol. The summed E-state index contributed by atoms with van der Waals surface area (Å²) in [4.78, 5) is 16.6. The predicted octanol–water partition coefficient (Wildman–Crippen LogP) is 2.09. The van der Waals surface area contributed by atoms with Gasteiger partial charge in [0.25, 0.3) is 5.91 Å². The number of rotatable bonds is 5. The number of carbonyl (C=O) groups excluding carboxylic acids is 1. The summed E-state index contributed by atoms with van der Waals surface area (Å²) in [5, 5.41) is 4.04. The van der Waals surface area contributed by atoms with Crippen molar-refractivity contribution in [1.29, 1.82) is 0 Å². The lowest BCUT2D eigenvalue weighted by atomic mass is 10.0. The summed E-state index contributed by atoms with van der Waals surface area (Å²) < 4.78 is 0. The van der Waals surface area contributed by atoms with Gasteiger partial charge in [0, 0.05) is 11.9 Å². The minimum Gasteiger partial charge on any atom is -0.350 e. The summed E-state index contributed by atoms with van der Waals surface area (Å²) in [5.74, 6) is -0.0981. The average molecular weight is 269 g/mol. The third-order valence-corrected chi connectivity index (χ3v) is 4.09. The molecule has 3 N–H and O–H groups in total. The third kappa shape index (κ3) is 2.65. The van der Waals surface area contributed by atoms with Crippen molar-refractivity contribution in [3.63, 3.8) is 0 Å². The van der Waals surface area contributed by atoms with Gasteiger partial charge in [-0.3, -0.25) is 4.79 Å². The van der Waals surface area contributed by atoms with Crippen LogP contribution in [0.25, 0.3) is 10.9 Å². The number of nitrogens with two attached hydrogens (primary N) is 1. The molecule has 0 spiro atoms. The maximum Gasteiger partial charge on any atom is 0.269 e. The van der Waals surface area contributed by atoms with Gasteiger partial charge in [0.15, 0.2) is 0 Å². The zero-order chi connectivity index (χ0) is 14.0. The topological polar surface area (TPSA) is 68.0 Å². The standard InChI is InChI=1S/C16H19N3O/c17-10-9-16(7-8-16)11-18-15(20)14-6-5-12-3-1-2-4-13(12)19-14/h1-6H,7-11,17H2,(H,18,20). The molecule has 20 heavy (non-hydrogen) atoms. The summed E-state index contributed by atoms with van der Waals surface area (Å²) in [6.07, 6.45) is 3.31. The van der Waals surface area contributed by atoms with Gasteiger partial charge in [-0.1, -0.05) is 24.3 Å². The lowest BCUT2D eigenvalue weighted by Gasteiger charge is -2.14. The highest BCUT2D eigenvalue weighted by Gasteiger charge is 2.41. The van der Waals surface area contributed by atoms with Crippen LogP contribution in [0.5, 0.6) is 0 Å². The van der Waals surface area contributed by atoms with Crippen molar-refractivity contribution in [2.24, 2.45) is 11.1 Å². The number of nitrogens with zero attached hydrogens (tertiary/aromatic N) is 1. The van der Waals surface area contributed by atoms with E-state index < -0.39 is 0 Å². The van der Waals surface area contributed by atoms with Gasteiger partial charge < -0.3 is 11.1 Å². The van der Waals surface area contributed by atoms with E-state index in [9.17, 15) is 4.79 Å². The Balaban J connectivity index is 1.69. The van der Waals surface area contributed by atoms with Gasteiger partial charge in [0.2, 0.25) is 0 Å². The monoisotopic (exact) mass is 269 g/mol. The average Bonchev–Trinajstić information content (AvgIpc) is 3.25. The van der Waals surface area contributed by atoms with Crippen molar-refractivity contribution in [3.05, 3.63) is 42.1 Å². The van der Waals surface area contributed by atoms with E-state index in [0.717, 1.165) is 30.2 Å². The number of amides is 1. The maximum absolute atomic E-state index is 12.2. The normalized spacial score (nSPS) is 16.1. The number of hydrogen-bond acceptors (Lipinski definition) is 3. The molecular weight excluding hydrogens is 250 g/mol. The number of fused-ring (bicyclic) bond motifs is 1. The van der Waals surface area contributed by atoms with Gasteiger partial charge in [0.05, 0.1) is 5.52 Å². The minimum atomic E-state index is -0.0981. The molecule has 1 heterocycles. The fraction of sp³-hybridized carbons (Fsp3) is 0.375. The van der Waals surface area contributed by atoms with Crippen LogP contribution in [-0.2, 0) is 0 Å². The van der Waals surface area contributed by atoms with Crippen LogP contribution in [0.3, 0.4) is 0 Å². The van der Waals surface area contributed by atoms with Gasteiger partial charge in [-0.25, -0.2) is 4.98 Å². The Morgan fingerprint density at radius 2 is 2.05 bits per heavy atom. The third-order valence-electron chi connectivity index (χ3n) is 4.09. The number of benzene rings is 1. The largest absolute Gasteiger partial charge is 0.350 e. The molecule has 104 valence electrons. The molecule has 4 nitrogen and oxygen atoms in total. The van der Waals surface area contributed by atoms with E-state index in [1.165, 1.54) is 0 Å². The van der Waals surface area contributed by atoms with Crippen molar-refractivity contribution in [1.82, 2.24) is 10.3 Å². The second kappa shape index (κ2) is 5.21. The zero-order valence-electron chi connectivity index (χ0n) is 11.4. The Hall–Kier alpha value is -1.94. The molecular formula is C16H19N3O. The molecule has 2 aromatic rings. The first-order chi connectivity index (χ1) is 9.72. The molecule has 1 saturated carbocycles. The van der Waals surface area contributed by atoms with Gasteiger partial charge >= 0.3 is 0 Å². The molecule has 1 aliphatic carbocycles. The lowest BCUT2D eigenvalue weighted by molar-refractivity contribution is 0.0939. The zero-order valence-corrected chi connectivity index (χ0v) is 11.4. The summed E-state index contributed by atoms with van der Waals surface area (Å²) in [7, 11) is 0. The van der Waals surface area contributed by atoms with Gasteiger partial charge in [-0.15, -0.1) is 0 Å². The van der Waals surface area contributed by atoms with Crippen LogP contribution in [0.15, 0.2) is 36.4 Å². The van der Waals surface area contributed by atoms with Crippen LogP contribution < -0.4 is 11.1 Å². The molecule has 1 amide bonds. The Bertz CT molecular complexity index is 634. The van der Waals surface area contributed by atoms with Crippen LogP contribution >= 0.6 is 0 Å². The van der Waals surface area contributed by atoms with E-state index in [1.807, 2.05) is 30.3 Å². The number of carbonyl (C=O) groups is 1. The van der Waals surface area contributed by atoms with Crippen molar-refractivity contribution in [3.8, 4) is 0 Å². The maximum atomic E-state index is 12.2. The van der Waals surface area contributed by atoms with Crippen LogP contribution in [0.1, 0.15) is 29.8 Å². The molecule has 0 saturated heterocycles. The molecule has 1 fully saturated rings. The van der Waals surface area contributed by atoms with E-state index in [0.29, 0.717) is 18.8 Å². The molecule has 3 rings (SSSR count). The fourth-order valence-electron chi connectivity index (χ4n) is 2.55. The van der Waals surface area contributed by atoms with Gasteiger partial charge in [-0.2, -0.15) is 0 Å². The second-order valence-corrected chi connectivity index (χ2v) is 5.61. The SMILES string of the molecule is NCCC1(CNC(=O)c2ccc3ccccc3n2)CC1. The van der Waals surface area contributed by atoms with Crippen molar-refractivity contribution in [2.75, 3.05) is 13.1 Å². The molecule has 1 aromatic heterocycles. The molecule has 0 bridgehead atoms. The van der Waals surface area contributed by atoms with Crippen LogP contribution in [0.2, 0.25) is 0 Å². The Labute approximate surface area is 118 Å². The number of pyridine rings is 1. The second-order valence-electron chi connectivity index (χ2n) is 5.61. The Morgan fingerprint density at radius 1 is 1.25 bits per heavy atom. The number of aromatic nitrogens is 1.